The number of nitrogens with zero attached hydrogens (tertiary/aromatic N) is 1. The predicted molar refractivity (Wildman–Crippen MR) is 77.9 cm³/mol. The molecule has 0 saturated carbocycles. The van der Waals surface area contributed by atoms with Crippen LogP contribution in [0.4, 0.5) is 4.39 Å². The average molecular weight is 289 g/mol. The Morgan fingerprint density at radius 2 is 1.75 bits per heavy atom. The molecule has 0 aliphatic carbocycles. The maximum Gasteiger partial charge on any atom is 0.123 e. The quantitative estimate of drug-likeness (QED) is 0.906. The van der Waals surface area contributed by atoms with Gasteiger partial charge in [0.25, 0.3) is 0 Å². The Kier molecular flexibility index (Phi) is 5.11. The maximum atomic E-state index is 12.8. The summed E-state index contributed by atoms with van der Waals surface area (Å²) in [6.45, 7) is 0.645. The lowest BCUT2D eigenvalue weighted by molar-refractivity contribution is 0.620. The summed E-state index contributed by atoms with van der Waals surface area (Å²) in [5.41, 5.74) is 1.92. The van der Waals surface area contributed by atoms with Crippen LogP contribution >= 0.6 is 11.6 Å². The first-order valence-electron chi connectivity index (χ1n) is 6.32. The van der Waals surface area contributed by atoms with E-state index in [-0.39, 0.29) is 11.9 Å². The summed E-state index contributed by atoms with van der Waals surface area (Å²) in [5.74, 6) is -0.238. The van der Waals surface area contributed by atoms with Crippen LogP contribution in [0, 0.1) is 17.1 Å². The van der Waals surface area contributed by atoms with Gasteiger partial charge in [0, 0.05) is 11.6 Å². The van der Waals surface area contributed by atoms with Gasteiger partial charge in [-0.2, -0.15) is 5.26 Å². The normalized spacial score (nSPS) is 11.8. The first-order chi connectivity index (χ1) is 9.69. The fourth-order valence-corrected chi connectivity index (χ4v) is 2.03. The van der Waals surface area contributed by atoms with E-state index in [0.29, 0.717) is 11.6 Å². The summed E-state index contributed by atoms with van der Waals surface area (Å²) in [5, 5.41) is 13.0. The van der Waals surface area contributed by atoms with Crippen molar-refractivity contribution in [1.82, 2.24) is 5.32 Å². The van der Waals surface area contributed by atoms with Crippen LogP contribution < -0.4 is 5.32 Å². The molecule has 0 spiro atoms. The Balaban J connectivity index is 1.90. The molecule has 0 aromatic heterocycles. The number of benzene rings is 2. The summed E-state index contributed by atoms with van der Waals surface area (Å²) in [6.07, 6.45) is 0.742. The van der Waals surface area contributed by atoms with E-state index in [1.165, 1.54) is 12.1 Å². The van der Waals surface area contributed by atoms with E-state index in [4.69, 9.17) is 11.6 Å². The SMILES string of the molecule is N#CC(NCCc1ccc(F)cc1)c1ccc(Cl)cc1. The van der Waals surface area contributed by atoms with E-state index in [9.17, 15) is 9.65 Å². The van der Waals surface area contributed by atoms with Crippen LogP contribution in [0.2, 0.25) is 5.02 Å². The number of rotatable bonds is 5. The smallest absolute Gasteiger partial charge is 0.123 e. The van der Waals surface area contributed by atoms with Gasteiger partial charge < -0.3 is 0 Å². The van der Waals surface area contributed by atoms with Crippen molar-refractivity contribution >= 4 is 11.6 Å². The molecule has 1 N–H and O–H groups in total. The zero-order valence-electron chi connectivity index (χ0n) is 10.8. The zero-order valence-corrected chi connectivity index (χ0v) is 11.6. The number of halogens is 2. The monoisotopic (exact) mass is 288 g/mol. The molecular weight excluding hydrogens is 275 g/mol. The number of hydrogen-bond donors (Lipinski definition) is 1. The predicted octanol–water partition coefficient (Wildman–Crippen LogP) is 3.88. The largest absolute Gasteiger partial charge is 0.298 e. The van der Waals surface area contributed by atoms with Gasteiger partial charge >= 0.3 is 0 Å². The van der Waals surface area contributed by atoms with Crippen molar-refractivity contribution in [2.75, 3.05) is 6.54 Å². The molecule has 0 fully saturated rings. The van der Waals surface area contributed by atoms with E-state index >= 15 is 0 Å². The minimum atomic E-state index is -0.368. The summed E-state index contributed by atoms with van der Waals surface area (Å²) in [7, 11) is 0. The fraction of sp³-hybridized carbons (Fsp3) is 0.188. The highest BCUT2D eigenvalue weighted by molar-refractivity contribution is 6.30. The number of nitrogens with one attached hydrogen (secondary N) is 1. The Morgan fingerprint density at radius 3 is 2.35 bits per heavy atom. The first-order valence-corrected chi connectivity index (χ1v) is 6.70. The molecule has 2 nitrogen and oxygen atoms in total. The van der Waals surface area contributed by atoms with Gasteiger partial charge in [-0.05, 0) is 41.8 Å². The van der Waals surface area contributed by atoms with Crippen LogP contribution in [-0.4, -0.2) is 6.54 Å². The van der Waals surface area contributed by atoms with Crippen LogP contribution in [0.25, 0.3) is 0 Å². The number of nitriles is 1. The van der Waals surface area contributed by atoms with Crippen molar-refractivity contribution in [2.45, 2.75) is 12.5 Å². The summed E-state index contributed by atoms with van der Waals surface area (Å²) >= 11 is 5.82. The Bertz CT molecular complexity index is 587. The molecular formula is C16H14ClFN2. The molecule has 1 unspecified atom stereocenters. The second-order valence-corrected chi connectivity index (χ2v) is 4.88. The van der Waals surface area contributed by atoms with E-state index < -0.39 is 0 Å². The minimum Gasteiger partial charge on any atom is -0.298 e. The van der Waals surface area contributed by atoms with Gasteiger partial charge in [-0.25, -0.2) is 4.39 Å². The van der Waals surface area contributed by atoms with Crippen LogP contribution in [0.15, 0.2) is 48.5 Å². The molecule has 0 heterocycles. The second-order valence-electron chi connectivity index (χ2n) is 4.44. The van der Waals surface area contributed by atoms with E-state index in [0.717, 1.165) is 17.5 Å². The molecule has 1 atom stereocenters. The third-order valence-electron chi connectivity index (χ3n) is 3.01. The van der Waals surface area contributed by atoms with Crippen LogP contribution in [-0.2, 0) is 6.42 Å². The average Bonchev–Trinajstić information content (AvgIpc) is 2.47. The highest BCUT2D eigenvalue weighted by Crippen LogP contribution is 2.16. The molecule has 102 valence electrons. The zero-order chi connectivity index (χ0) is 14.4. The van der Waals surface area contributed by atoms with Gasteiger partial charge in [-0.1, -0.05) is 35.9 Å². The summed E-state index contributed by atoms with van der Waals surface area (Å²) in [6, 6.07) is 15.4. The maximum absolute atomic E-state index is 12.8. The lowest BCUT2D eigenvalue weighted by atomic mass is 10.1. The molecule has 0 amide bonds. The summed E-state index contributed by atoms with van der Waals surface area (Å²) < 4.78 is 12.8. The van der Waals surface area contributed by atoms with Crippen molar-refractivity contribution in [2.24, 2.45) is 0 Å². The molecule has 0 radical (unpaired) electrons. The summed E-state index contributed by atoms with van der Waals surface area (Å²) in [4.78, 5) is 0. The van der Waals surface area contributed by atoms with Crippen molar-refractivity contribution in [3.05, 3.63) is 70.5 Å². The third kappa shape index (κ3) is 4.06. The van der Waals surface area contributed by atoms with Crippen molar-refractivity contribution in [1.29, 1.82) is 5.26 Å². The Labute approximate surface area is 122 Å². The van der Waals surface area contributed by atoms with Gasteiger partial charge in [0.15, 0.2) is 0 Å². The van der Waals surface area contributed by atoms with Crippen LogP contribution in [0.1, 0.15) is 17.2 Å². The molecule has 4 heteroatoms. The van der Waals surface area contributed by atoms with Gasteiger partial charge in [-0.15, -0.1) is 0 Å². The van der Waals surface area contributed by atoms with Crippen molar-refractivity contribution in [3.8, 4) is 6.07 Å². The Hall–Kier alpha value is -1.89. The first kappa shape index (κ1) is 14.5. The van der Waals surface area contributed by atoms with Gasteiger partial charge in [0.2, 0.25) is 0 Å². The van der Waals surface area contributed by atoms with E-state index in [1.54, 1.807) is 24.3 Å². The van der Waals surface area contributed by atoms with Crippen molar-refractivity contribution < 1.29 is 4.39 Å². The molecule has 2 aromatic carbocycles. The number of hydrogen-bond acceptors (Lipinski definition) is 2. The highest BCUT2D eigenvalue weighted by atomic mass is 35.5. The van der Waals surface area contributed by atoms with E-state index in [1.807, 2.05) is 12.1 Å². The second kappa shape index (κ2) is 7.04. The van der Waals surface area contributed by atoms with Crippen LogP contribution in [0.3, 0.4) is 0 Å². The minimum absolute atomic E-state index is 0.238. The van der Waals surface area contributed by atoms with Gasteiger partial charge in [-0.3, -0.25) is 5.32 Å². The standard InChI is InChI=1S/C16H14ClFN2/c17-14-5-3-13(4-6-14)16(11-19)20-10-9-12-1-7-15(18)8-2-12/h1-8,16,20H,9-10H2. The fourth-order valence-electron chi connectivity index (χ4n) is 1.91. The lowest BCUT2D eigenvalue weighted by Crippen LogP contribution is -2.22. The molecule has 2 rings (SSSR count). The molecule has 0 aliphatic rings. The third-order valence-corrected chi connectivity index (χ3v) is 3.26. The highest BCUT2D eigenvalue weighted by Gasteiger charge is 2.09. The van der Waals surface area contributed by atoms with Crippen molar-refractivity contribution in [3.63, 3.8) is 0 Å². The van der Waals surface area contributed by atoms with Gasteiger partial charge in [0.1, 0.15) is 11.9 Å². The Morgan fingerprint density at radius 1 is 1.10 bits per heavy atom. The van der Waals surface area contributed by atoms with E-state index in [2.05, 4.69) is 11.4 Å². The topological polar surface area (TPSA) is 35.8 Å². The van der Waals surface area contributed by atoms with Crippen LogP contribution in [0.5, 0.6) is 0 Å². The van der Waals surface area contributed by atoms with Gasteiger partial charge in [0.05, 0.1) is 6.07 Å². The molecule has 2 aromatic rings. The molecule has 20 heavy (non-hydrogen) atoms. The molecule has 0 aliphatic heterocycles. The lowest BCUT2D eigenvalue weighted by Gasteiger charge is -2.12. The molecule has 0 saturated heterocycles. The molecule has 0 bridgehead atoms.